The number of hydrogen-bond acceptors (Lipinski definition) is 4. The first-order chi connectivity index (χ1) is 10.9. The third kappa shape index (κ3) is 2.06. The number of nitrogens with zero attached hydrogens (tertiary/aromatic N) is 4. The number of benzene rings is 1. The van der Waals surface area contributed by atoms with Crippen molar-refractivity contribution in [2.45, 2.75) is 12.8 Å². The van der Waals surface area contributed by atoms with Crippen LogP contribution in [-0.4, -0.2) is 34.0 Å². The van der Waals surface area contributed by atoms with Gasteiger partial charge in [0.25, 0.3) is 0 Å². The van der Waals surface area contributed by atoms with E-state index < -0.39 is 0 Å². The molecule has 5 heteroatoms. The lowest BCUT2D eigenvalue weighted by atomic mass is 10.1. The molecule has 22 heavy (non-hydrogen) atoms. The largest absolute Gasteiger partial charge is 0.355 e. The fraction of sp³-hybridized carbons (Fsp3) is 0.235. The number of carbonyl (C=O) groups excluding carboxylic acids is 1. The number of hydrogen-bond donors (Lipinski definition) is 0. The van der Waals surface area contributed by atoms with Crippen molar-refractivity contribution in [3.8, 4) is 11.3 Å². The van der Waals surface area contributed by atoms with Crippen molar-refractivity contribution in [3.05, 3.63) is 48.2 Å². The van der Waals surface area contributed by atoms with Crippen LogP contribution in [0, 0.1) is 0 Å². The Labute approximate surface area is 128 Å². The Hall–Kier alpha value is -2.69. The van der Waals surface area contributed by atoms with E-state index in [9.17, 15) is 4.79 Å². The van der Waals surface area contributed by atoms with Gasteiger partial charge in [-0.3, -0.25) is 4.79 Å². The molecule has 2 aromatic heterocycles. The summed E-state index contributed by atoms with van der Waals surface area (Å²) in [6.07, 6.45) is 3.22. The van der Waals surface area contributed by atoms with Gasteiger partial charge in [-0.05, 0) is 25.0 Å². The summed E-state index contributed by atoms with van der Waals surface area (Å²) >= 11 is 0. The Balaban J connectivity index is 1.87. The summed E-state index contributed by atoms with van der Waals surface area (Å²) in [6.45, 7) is 2.05. The zero-order valence-electron chi connectivity index (χ0n) is 12.1. The monoisotopic (exact) mass is 292 g/mol. The van der Waals surface area contributed by atoms with Crippen molar-refractivity contribution < 1.29 is 4.79 Å². The van der Waals surface area contributed by atoms with E-state index in [0.29, 0.717) is 17.0 Å². The molecule has 0 amide bonds. The SMILES string of the molecule is O=Cc1c(-c2ccccc2)nc2ccc(N3CCCC3)nn12. The van der Waals surface area contributed by atoms with Gasteiger partial charge < -0.3 is 4.90 Å². The minimum atomic E-state index is 0.502. The average Bonchev–Trinajstić information content (AvgIpc) is 3.22. The highest BCUT2D eigenvalue weighted by atomic mass is 16.1. The molecule has 0 bridgehead atoms. The Bertz CT molecular complexity index is 819. The predicted molar refractivity (Wildman–Crippen MR) is 85.3 cm³/mol. The molecule has 0 N–H and O–H groups in total. The molecule has 0 spiro atoms. The minimum absolute atomic E-state index is 0.502. The molecule has 0 atom stereocenters. The molecule has 1 fully saturated rings. The number of aldehydes is 1. The molecule has 0 radical (unpaired) electrons. The first-order valence-electron chi connectivity index (χ1n) is 7.52. The number of imidazole rings is 1. The summed E-state index contributed by atoms with van der Waals surface area (Å²) in [6, 6.07) is 13.7. The fourth-order valence-electron chi connectivity index (χ4n) is 2.97. The first kappa shape index (κ1) is 13.0. The van der Waals surface area contributed by atoms with E-state index in [1.807, 2.05) is 42.5 Å². The molecule has 110 valence electrons. The predicted octanol–water partition coefficient (Wildman–Crippen LogP) is 2.81. The molecule has 3 aromatic rings. The van der Waals surface area contributed by atoms with Gasteiger partial charge in [-0.15, -0.1) is 5.10 Å². The maximum Gasteiger partial charge on any atom is 0.170 e. The lowest BCUT2D eigenvalue weighted by Crippen LogP contribution is -2.20. The zero-order chi connectivity index (χ0) is 14.9. The van der Waals surface area contributed by atoms with E-state index in [-0.39, 0.29) is 0 Å². The molecule has 5 nitrogen and oxygen atoms in total. The van der Waals surface area contributed by atoms with Gasteiger partial charge in [0.2, 0.25) is 0 Å². The van der Waals surface area contributed by atoms with Crippen molar-refractivity contribution in [2.24, 2.45) is 0 Å². The van der Waals surface area contributed by atoms with Crippen LogP contribution >= 0.6 is 0 Å². The molecule has 1 saturated heterocycles. The molecular formula is C17H16N4O. The normalized spacial score (nSPS) is 14.6. The van der Waals surface area contributed by atoms with Crippen LogP contribution in [0.5, 0.6) is 0 Å². The summed E-state index contributed by atoms with van der Waals surface area (Å²) in [5.41, 5.74) is 2.81. The summed E-state index contributed by atoms with van der Waals surface area (Å²) < 4.78 is 1.66. The van der Waals surface area contributed by atoms with Crippen molar-refractivity contribution in [1.82, 2.24) is 14.6 Å². The zero-order valence-corrected chi connectivity index (χ0v) is 12.1. The van der Waals surface area contributed by atoms with E-state index in [1.165, 1.54) is 12.8 Å². The summed E-state index contributed by atoms with van der Waals surface area (Å²) in [5, 5.41) is 4.62. The second-order valence-corrected chi connectivity index (χ2v) is 5.49. The number of carbonyl (C=O) groups is 1. The van der Waals surface area contributed by atoms with Gasteiger partial charge in [-0.25, -0.2) is 9.50 Å². The smallest absolute Gasteiger partial charge is 0.170 e. The van der Waals surface area contributed by atoms with Gasteiger partial charge in [0, 0.05) is 18.7 Å². The molecule has 1 aliphatic heterocycles. The number of rotatable bonds is 3. The van der Waals surface area contributed by atoms with Crippen LogP contribution in [0.1, 0.15) is 23.3 Å². The second-order valence-electron chi connectivity index (χ2n) is 5.49. The molecule has 3 heterocycles. The second kappa shape index (κ2) is 5.26. The standard InChI is InChI=1S/C17H16N4O/c22-12-14-17(13-6-2-1-3-7-13)18-15-8-9-16(19-21(14)15)20-10-4-5-11-20/h1-3,6-9,12H,4-5,10-11H2. The van der Waals surface area contributed by atoms with Crippen molar-refractivity contribution in [2.75, 3.05) is 18.0 Å². The van der Waals surface area contributed by atoms with Gasteiger partial charge in [-0.1, -0.05) is 30.3 Å². The highest BCUT2D eigenvalue weighted by molar-refractivity contribution is 5.86. The third-order valence-electron chi connectivity index (χ3n) is 4.09. The molecule has 1 aromatic carbocycles. The van der Waals surface area contributed by atoms with Crippen LogP contribution in [0.15, 0.2) is 42.5 Å². The molecule has 0 aliphatic carbocycles. The van der Waals surface area contributed by atoms with Crippen LogP contribution in [-0.2, 0) is 0 Å². The van der Waals surface area contributed by atoms with Crippen LogP contribution in [0.4, 0.5) is 5.82 Å². The first-order valence-corrected chi connectivity index (χ1v) is 7.52. The van der Waals surface area contributed by atoms with Crippen molar-refractivity contribution >= 4 is 17.8 Å². The number of aromatic nitrogens is 3. The lowest BCUT2D eigenvalue weighted by Gasteiger charge is -2.15. The van der Waals surface area contributed by atoms with Crippen molar-refractivity contribution in [1.29, 1.82) is 0 Å². The van der Waals surface area contributed by atoms with E-state index in [4.69, 9.17) is 0 Å². The topological polar surface area (TPSA) is 50.5 Å². The average molecular weight is 292 g/mol. The highest BCUT2D eigenvalue weighted by Crippen LogP contribution is 2.24. The summed E-state index contributed by atoms with van der Waals surface area (Å²) in [4.78, 5) is 18.4. The maximum atomic E-state index is 11.6. The van der Waals surface area contributed by atoms with Gasteiger partial charge >= 0.3 is 0 Å². The van der Waals surface area contributed by atoms with Crippen molar-refractivity contribution in [3.63, 3.8) is 0 Å². The number of anilines is 1. The highest BCUT2D eigenvalue weighted by Gasteiger charge is 2.18. The Morgan fingerprint density at radius 2 is 1.77 bits per heavy atom. The van der Waals surface area contributed by atoms with Crippen LogP contribution < -0.4 is 4.90 Å². The Morgan fingerprint density at radius 3 is 2.50 bits per heavy atom. The molecule has 4 rings (SSSR count). The van der Waals surface area contributed by atoms with E-state index in [0.717, 1.165) is 30.8 Å². The maximum absolute atomic E-state index is 11.6. The van der Waals surface area contributed by atoms with E-state index >= 15 is 0 Å². The molecule has 1 aliphatic rings. The lowest BCUT2D eigenvalue weighted by molar-refractivity contribution is 0.111. The minimum Gasteiger partial charge on any atom is -0.355 e. The Morgan fingerprint density at radius 1 is 1.00 bits per heavy atom. The van der Waals surface area contributed by atoms with Crippen LogP contribution in [0.2, 0.25) is 0 Å². The fourth-order valence-corrected chi connectivity index (χ4v) is 2.97. The van der Waals surface area contributed by atoms with Gasteiger partial charge in [0.05, 0.1) is 0 Å². The molecular weight excluding hydrogens is 276 g/mol. The van der Waals surface area contributed by atoms with E-state index in [1.54, 1.807) is 4.52 Å². The molecule has 0 saturated carbocycles. The molecule has 0 unspecified atom stereocenters. The number of fused-ring (bicyclic) bond motifs is 1. The van der Waals surface area contributed by atoms with Crippen LogP contribution in [0.3, 0.4) is 0 Å². The van der Waals surface area contributed by atoms with E-state index in [2.05, 4.69) is 15.0 Å². The third-order valence-corrected chi connectivity index (χ3v) is 4.09. The summed E-state index contributed by atoms with van der Waals surface area (Å²) in [5.74, 6) is 0.908. The quantitative estimate of drug-likeness (QED) is 0.697. The van der Waals surface area contributed by atoms with Gasteiger partial charge in [0.15, 0.2) is 11.9 Å². The van der Waals surface area contributed by atoms with Crippen LogP contribution in [0.25, 0.3) is 16.9 Å². The Kier molecular flexibility index (Phi) is 3.11. The summed E-state index contributed by atoms with van der Waals surface area (Å²) in [7, 11) is 0. The van der Waals surface area contributed by atoms with Gasteiger partial charge in [0.1, 0.15) is 17.2 Å². The van der Waals surface area contributed by atoms with Gasteiger partial charge in [-0.2, -0.15) is 0 Å².